The zero-order chi connectivity index (χ0) is 18.9. The van der Waals surface area contributed by atoms with Crippen LogP contribution in [0.25, 0.3) is 0 Å². The summed E-state index contributed by atoms with van der Waals surface area (Å²) in [7, 11) is 1.87. The molecular weight excluding hydrogens is 324 g/mol. The van der Waals surface area contributed by atoms with E-state index >= 15 is 0 Å². The lowest BCUT2D eigenvalue weighted by molar-refractivity contribution is 0.222. The Bertz CT molecular complexity index is 554. The van der Waals surface area contributed by atoms with Crippen molar-refractivity contribution in [1.29, 1.82) is 0 Å². The lowest BCUT2D eigenvalue weighted by atomic mass is 10.1. The maximum Gasteiger partial charge on any atom is 0.193 e. The molecule has 5 nitrogen and oxygen atoms in total. The molecule has 1 fully saturated rings. The molecule has 0 spiro atoms. The van der Waals surface area contributed by atoms with Gasteiger partial charge in [-0.2, -0.15) is 0 Å². The minimum Gasteiger partial charge on any atom is -0.489 e. The van der Waals surface area contributed by atoms with Crippen molar-refractivity contribution in [2.24, 2.45) is 10.9 Å². The summed E-state index contributed by atoms with van der Waals surface area (Å²) in [6.07, 6.45) is 1.33. The van der Waals surface area contributed by atoms with Gasteiger partial charge < -0.3 is 19.9 Å². The molecule has 1 heterocycles. The molecule has 26 heavy (non-hydrogen) atoms. The van der Waals surface area contributed by atoms with E-state index in [-0.39, 0.29) is 6.10 Å². The fourth-order valence-electron chi connectivity index (χ4n) is 3.48. The van der Waals surface area contributed by atoms with Crippen LogP contribution in [0.15, 0.2) is 29.3 Å². The lowest BCUT2D eigenvalue weighted by Crippen LogP contribution is -2.44. The van der Waals surface area contributed by atoms with E-state index in [0.717, 1.165) is 50.4 Å². The van der Waals surface area contributed by atoms with E-state index in [2.05, 4.69) is 59.9 Å². The van der Waals surface area contributed by atoms with Gasteiger partial charge in [0, 0.05) is 26.7 Å². The van der Waals surface area contributed by atoms with Crippen molar-refractivity contribution >= 4 is 5.96 Å². The van der Waals surface area contributed by atoms with E-state index in [9.17, 15) is 0 Å². The van der Waals surface area contributed by atoms with Gasteiger partial charge in [-0.1, -0.05) is 31.5 Å². The first-order chi connectivity index (χ1) is 12.5. The van der Waals surface area contributed by atoms with Crippen LogP contribution in [0.2, 0.25) is 0 Å². The normalized spacial score (nSPS) is 19.1. The average molecular weight is 361 g/mol. The Hall–Kier alpha value is -1.75. The Balaban J connectivity index is 1.77. The first-order valence-electron chi connectivity index (χ1n) is 9.96. The second-order valence-electron chi connectivity index (χ2n) is 7.26. The van der Waals surface area contributed by atoms with Gasteiger partial charge in [0.1, 0.15) is 11.9 Å². The minimum absolute atomic E-state index is 0.0866. The third-order valence-electron chi connectivity index (χ3n) is 5.11. The quantitative estimate of drug-likeness (QED) is 0.571. The molecule has 2 unspecified atom stereocenters. The molecule has 0 aliphatic carbocycles. The molecule has 1 aliphatic rings. The highest BCUT2D eigenvalue weighted by Gasteiger charge is 2.26. The van der Waals surface area contributed by atoms with Crippen LogP contribution in [-0.4, -0.2) is 68.2 Å². The van der Waals surface area contributed by atoms with Crippen molar-refractivity contribution in [2.75, 3.05) is 46.3 Å². The van der Waals surface area contributed by atoms with Crippen molar-refractivity contribution in [3.8, 4) is 5.75 Å². The average Bonchev–Trinajstić information content (AvgIpc) is 3.10. The summed E-state index contributed by atoms with van der Waals surface area (Å²) in [5.41, 5.74) is 1.25. The third-order valence-corrected chi connectivity index (χ3v) is 5.11. The van der Waals surface area contributed by atoms with E-state index in [1.807, 2.05) is 19.2 Å². The van der Waals surface area contributed by atoms with Crippen LogP contribution < -0.4 is 10.1 Å². The van der Waals surface area contributed by atoms with Gasteiger partial charge in [0.05, 0.1) is 6.54 Å². The number of aryl methyl sites for hydroxylation is 1. The summed E-state index contributed by atoms with van der Waals surface area (Å²) in [4.78, 5) is 9.37. The summed E-state index contributed by atoms with van der Waals surface area (Å²) in [5, 5.41) is 3.48. The molecule has 2 rings (SSSR count). The first kappa shape index (κ1) is 20.6. The number of nitrogens with zero attached hydrogens (tertiary/aromatic N) is 3. The number of ether oxygens (including phenoxy) is 1. The van der Waals surface area contributed by atoms with Crippen LogP contribution in [0.4, 0.5) is 0 Å². The number of benzene rings is 1. The standard InChI is InChI=1S/C21H36N4O/c1-6-24(7-2)15-19-12-13-25(16-19)21(22-5)23-14-18(4)26-20-10-8-17(3)9-11-20/h8-11,18-19H,6-7,12-16H2,1-5H3,(H,22,23). The molecule has 1 aromatic carbocycles. The number of likely N-dealkylation sites (tertiary alicyclic amines) is 1. The van der Waals surface area contributed by atoms with Crippen LogP contribution in [0, 0.1) is 12.8 Å². The van der Waals surface area contributed by atoms with Gasteiger partial charge in [-0.15, -0.1) is 0 Å². The maximum atomic E-state index is 5.99. The molecule has 5 heteroatoms. The van der Waals surface area contributed by atoms with Crippen molar-refractivity contribution in [2.45, 2.75) is 40.2 Å². The molecule has 2 atom stereocenters. The topological polar surface area (TPSA) is 40.1 Å². The van der Waals surface area contributed by atoms with Gasteiger partial charge in [0.2, 0.25) is 0 Å². The van der Waals surface area contributed by atoms with Gasteiger partial charge in [-0.05, 0) is 51.4 Å². The molecule has 0 radical (unpaired) electrons. The molecule has 1 aromatic rings. The second kappa shape index (κ2) is 10.4. The largest absolute Gasteiger partial charge is 0.489 e. The van der Waals surface area contributed by atoms with Gasteiger partial charge in [0.15, 0.2) is 5.96 Å². The Morgan fingerprint density at radius 3 is 2.62 bits per heavy atom. The molecule has 0 bridgehead atoms. The zero-order valence-corrected chi connectivity index (χ0v) is 17.2. The van der Waals surface area contributed by atoms with E-state index in [1.54, 1.807) is 0 Å². The number of guanidine groups is 1. The van der Waals surface area contributed by atoms with Crippen LogP contribution in [0.3, 0.4) is 0 Å². The molecule has 0 saturated carbocycles. The number of rotatable bonds is 8. The van der Waals surface area contributed by atoms with Crippen LogP contribution >= 0.6 is 0 Å². The third kappa shape index (κ3) is 6.20. The number of hydrogen-bond acceptors (Lipinski definition) is 3. The Labute approximate surface area is 159 Å². The van der Waals surface area contributed by atoms with E-state index < -0.39 is 0 Å². The van der Waals surface area contributed by atoms with E-state index in [4.69, 9.17) is 4.74 Å². The number of hydrogen-bond donors (Lipinski definition) is 1. The molecule has 1 N–H and O–H groups in total. The van der Waals surface area contributed by atoms with Crippen molar-refractivity contribution in [3.63, 3.8) is 0 Å². The van der Waals surface area contributed by atoms with Gasteiger partial charge in [-0.3, -0.25) is 4.99 Å². The van der Waals surface area contributed by atoms with Crippen molar-refractivity contribution < 1.29 is 4.74 Å². The Kier molecular flexibility index (Phi) is 8.23. The fraction of sp³-hybridized carbons (Fsp3) is 0.667. The van der Waals surface area contributed by atoms with Crippen LogP contribution in [-0.2, 0) is 0 Å². The Morgan fingerprint density at radius 1 is 1.31 bits per heavy atom. The maximum absolute atomic E-state index is 5.99. The summed E-state index contributed by atoms with van der Waals surface area (Å²) in [6.45, 7) is 15.0. The number of nitrogens with one attached hydrogen (secondary N) is 1. The highest BCUT2D eigenvalue weighted by Crippen LogP contribution is 2.18. The molecule has 1 saturated heterocycles. The van der Waals surface area contributed by atoms with E-state index in [0.29, 0.717) is 0 Å². The van der Waals surface area contributed by atoms with Crippen molar-refractivity contribution in [3.05, 3.63) is 29.8 Å². The Morgan fingerprint density at radius 2 is 2.00 bits per heavy atom. The predicted octanol–water partition coefficient (Wildman–Crippen LogP) is 3.00. The number of aliphatic imine (C=N–C) groups is 1. The summed E-state index contributed by atoms with van der Waals surface area (Å²) >= 11 is 0. The SMILES string of the molecule is CCN(CC)CC1CCN(C(=NC)NCC(C)Oc2ccc(C)cc2)C1. The highest BCUT2D eigenvalue weighted by atomic mass is 16.5. The predicted molar refractivity (Wildman–Crippen MR) is 110 cm³/mol. The molecule has 146 valence electrons. The minimum atomic E-state index is 0.0866. The summed E-state index contributed by atoms with van der Waals surface area (Å²) in [6, 6.07) is 8.21. The van der Waals surface area contributed by atoms with Crippen LogP contribution in [0.1, 0.15) is 32.8 Å². The smallest absolute Gasteiger partial charge is 0.193 e. The molecule has 1 aliphatic heterocycles. The lowest BCUT2D eigenvalue weighted by Gasteiger charge is -2.25. The summed E-state index contributed by atoms with van der Waals surface area (Å²) < 4.78 is 5.99. The van der Waals surface area contributed by atoms with Gasteiger partial charge >= 0.3 is 0 Å². The summed E-state index contributed by atoms with van der Waals surface area (Å²) in [5.74, 6) is 2.64. The highest BCUT2D eigenvalue weighted by molar-refractivity contribution is 5.80. The van der Waals surface area contributed by atoms with Crippen LogP contribution in [0.5, 0.6) is 5.75 Å². The zero-order valence-electron chi connectivity index (χ0n) is 17.2. The van der Waals surface area contributed by atoms with Gasteiger partial charge in [-0.25, -0.2) is 0 Å². The fourth-order valence-corrected chi connectivity index (χ4v) is 3.48. The van der Waals surface area contributed by atoms with E-state index in [1.165, 1.54) is 18.5 Å². The molecule has 0 aromatic heterocycles. The van der Waals surface area contributed by atoms with Gasteiger partial charge in [0.25, 0.3) is 0 Å². The second-order valence-corrected chi connectivity index (χ2v) is 7.26. The first-order valence-corrected chi connectivity index (χ1v) is 9.96. The monoisotopic (exact) mass is 360 g/mol. The molecule has 0 amide bonds. The molecular formula is C21H36N4O. The van der Waals surface area contributed by atoms with Crippen molar-refractivity contribution in [1.82, 2.24) is 15.1 Å².